The molecule has 170 valence electrons. The van der Waals surface area contributed by atoms with Crippen LogP contribution >= 0.6 is 0 Å². The van der Waals surface area contributed by atoms with E-state index in [4.69, 9.17) is 15.2 Å². The van der Waals surface area contributed by atoms with E-state index >= 15 is 0 Å². The van der Waals surface area contributed by atoms with E-state index in [1.165, 1.54) is 0 Å². The highest BCUT2D eigenvalue weighted by Gasteiger charge is 2.38. The zero-order chi connectivity index (χ0) is 22.8. The number of ether oxygens (including phenoxy) is 2. The Kier molecular flexibility index (Phi) is 8.77. The van der Waals surface area contributed by atoms with E-state index < -0.39 is 29.9 Å². The normalized spacial score (nSPS) is 14.8. The van der Waals surface area contributed by atoms with E-state index in [0.29, 0.717) is 6.42 Å². The third-order valence-electron chi connectivity index (χ3n) is 5.10. The first-order valence-corrected chi connectivity index (χ1v) is 10.7. The average Bonchev–Trinajstić information content (AvgIpc) is 3.65. The summed E-state index contributed by atoms with van der Waals surface area (Å²) in [6, 6.07) is 18.1. The van der Waals surface area contributed by atoms with Crippen molar-refractivity contribution in [3.8, 4) is 0 Å². The van der Waals surface area contributed by atoms with Gasteiger partial charge >= 0.3 is 5.97 Å². The molecule has 0 aliphatic heterocycles. The predicted molar refractivity (Wildman–Crippen MR) is 118 cm³/mol. The summed E-state index contributed by atoms with van der Waals surface area (Å²) in [7, 11) is 0. The molecule has 0 heterocycles. The van der Waals surface area contributed by atoms with E-state index in [-0.39, 0.29) is 25.8 Å². The summed E-state index contributed by atoms with van der Waals surface area (Å²) in [6.45, 7) is -0.197. The summed E-state index contributed by atoms with van der Waals surface area (Å²) >= 11 is 0. The highest BCUT2D eigenvalue weighted by atomic mass is 16.6. The van der Waals surface area contributed by atoms with Gasteiger partial charge < -0.3 is 25.8 Å². The molecule has 1 saturated carbocycles. The Hall–Kier alpha value is -3.23. The molecule has 2 aromatic rings. The summed E-state index contributed by atoms with van der Waals surface area (Å²) in [5, 5.41) is 5.06. The van der Waals surface area contributed by atoms with Crippen LogP contribution in [-0.4, -0.2) is 43.2 Å². The van der Waals surface area contributed by atoms with Crippen molar-refractivity contribution in [2.45, 2.75) is 38.0 Å². The highest BCUT2D eigenvalue weighted by Crippen LogP contribution is 2.35. The van der Waals surface area contributed by atoms with Crippen molar-refractivity contribution in [1.29, 1.82) is 0 Å². The minimum atomic E-state index is -0.750. The molecule has 2 amide bonds. The van der Waals surface area contributed by atoms with Crippen LogP contribution in [0.25, 0.3) is 0 Å². The molecule has 0 radical (unpaired) electrons. The molecule has 2 aromatic carbocycles. The molecule has 8 nitrogen and oxygen atoms in total. The van der Waals surface area contributed by atoms with E-state index in [2.05, 4.69) is 10.6 Å². The number of carbonyl (C=O) groups excluding carboxylic acids is 3. The first-order chi connectivity index (χ1) is 15.5. The molecule has 1 aliphatic rings. The van der Waals surface area contributed by atoms with Crippen LogP contribution in [0.1, 0.15) is 24.0 Å². The smallest absolute Gasteiger partial charge is 0.335 e. The van der Waals surface area contributed by atoms with Gasteiger partial charge in [0.25, 0.3) is 0 Å². The predicted octanol–water partition coefficient (Wildman–Crippen LogP) is 1.28. The van der Waals surface area contributed by atoms with Gasteiger partial charge in [-0.15, -0.1) is 0 Å². The maximum atomic E-state index is 12.4. The molecule has 0 bridgehead atoms. The van der Waals surface area contributed by atoms with Crippen molar-refractivity contribution in [1.82, 2.24) is 10.6 Å². The summed E-state index contributed by atoms with van der Waals surface area (Å²) < 4.78 is 10.9. The maximum Gasteiger partial charge on any atom is 0.335 e. The Morgan fingerprint density at radius 3 is 2.19 bits per heavy atom. The quantitative estimate of drug-likeness (QED) is 0.339. The Bertz CT molecular complexity index is 887. The molecule has 0 saturated heterocycles. The van der Waals surface area contributed by atoms with Crippen molar-refractivity contribution < 1.29 is 23.9 Å². The van der Waals surface area contributed by atoms with Gasteiger partial charge in [0.1, 0.15) is 13.3 Å². The minimum Gasteiger partial charge on any atom is -0.459 e. The Balaban J connectivity index is 1.34. The lowest BCUT2D eigenvalue weighted by Crippen LogP contribution is -2.46. The summed E-state index contributed by atoms with van der Waals surface area (Å²) in [4.78, 5) is 36.5. The van der Waals surface area contributed by atoms with Crippen molar-refractivity contribution in [2.75, 3.05) is 13.3 Å². The molecule has 3 rings (SSSR count). The van der Waals surface area contributed by atoms with Crippen molar-refractivity contribution >= 4 is 17.8 Å². The lowest BCUT2D eigenvalue weighted by atomic mass is 10.1. The molecule has 4 N–H and O–H groups in total. The van der Waals surface area contributed by atoms with E-state index in [0.717, 1.165) is 24.0 Å². The topological polar surface area (TPSA) is 120 Å². The van der Waals surface area contributed by atoms with Gasteiger partial charge in [-0.25, -0.2) is 4.79 Å². The van der Waals surface area contributed by atoms with Crippen LogP contribution in [-0.2, 0) is 36.9 Å². The molecule has 1 aliphatic carbocycles. The zero-order valence-electron chi connectivity index (χ0n) is 17.9. The first-order valence-electron chi connectivity index (χ1n) is 10.7. The second-order valence-corrected chi connectivity index (χ2v) is 7.78. The van der Waals surface area contributed by atoms with Gasteiger partial charge in [-0.2, -0.15) is 0 Å². The molecular formula is C24H29N3O5. The van der Waals surface area contributed by atoms with E-state index in [1.807, 2.05) is 60.7 Å². The fourth-order valence-electron chi connectivity index (χ4n) is 3.14. The third kappa shape index (κ3) is 7.79. The van der Waals surface area contributed by atoms with E-state index in [1.54, 1.807) is 0 Å². The van der Waals surface area contributed by atoms with Crippen LogP contribution in [0.4, 0.5) is 0 Å². The maximum absolute atomic E-state index is 12.4. The molecule has 0 spiro atoms. The molecule has 1 fully saturated rings. The number of benzene rings is 2. The van der Waals surface area contributed by atoms with Gasteiger partial charge in [0.05, 0.1) is 12.6 Å². The molecule has 32 heavy (non-hydrogen) atoms. The molecule has 0 aromatic heterocycles. The van der Waals surface area contributed by atoms with Gasteiger partial charge in [-0.3, -0.25) is 9.59 Å². The number of hydrogen-bond acceptors (Lipinski definition) is 6. The number of rotatable bonds is 12. The van der Waals surface area contributed by atoms with Crippen molar-refractivity contribution in [2.24, 2.45) is 11.7 Å². The number of amides is 2. The van der Waals surface area contributed by atoms with Crippen LogP contribution in [0.15, 0.2) is 60.7 Å². The highest BCUT2D eigenvalue weighted by molar-refractivity contribution is 5.87. The lowest BCUT2D eigenvalue weighted by Gasteiger charge is -2.17. The average molecular weight is 440 g/mol. The zero-order valence-corrected chi connectivity index (χ0v) is 17.9. The van der Waals surface area contributed by atoms with Gasteiger partial charge in [-0.05, 0) is 36.3 Å². The Labute approximate surface area is 187 Å². The fourth-order valence-corrected chi connectivity index (χ4v) is 3.14. The van der Waals surface area contributed by atoms with Crippen LogP contribution in [0.2, 0.25) is 0 Å². The van der Waals surface area contributed by atoms with Gasteiger partial charge in [-0.1, -0.05) is 60.7 Å². The summed E-state index contributed by atoms with van der Waals surface area (Å²) in [6.07, 6.45) is 1.43. The monoisotopic (exact) mass is 439 g/mol. The van der Waals surface area contributed by atoms with Crippen LogP contribution in [0.5, 0.6) is 0 Å². The van der Waals surface area contributed by atoms with Gasteiger partial charge in [0, 0.05) is 0 Å². The SMILES string of the molecule is N[C@@H](Cc1ccccc1)C(=O)NCC(=O)NCO[C@@H](C(=O)OCc1ccccc1)C1CC1. The Morgan fingerprint density at radius 2 is 1.56 bits per heavy atom. The molecule has 0 unspecified atom stereocenters. The van der Waals surface area contributed by atoms with Crippen LogP contribution in [0, 0.1) is 5.92 Å². The number of hydrogen-bond donors (Lipinski definition) is 3. The van der Waals surface area contributed by atoms with E-state index in [9.17, 15) is 14.4 Å². The van der Waals surface area contributed by atoms with Crippen molar-refractivity contribution in [3.63, 3.8) is 0 Å². The van der Waals surface area contributed by atoms with Crippen LogP contribution < -0.4 is 16.4 Å². The number of nitrogens with two attached hydrogens (primary N) is 1. The second kappa shape index (κ2) is 12.0. The molecule has 2 atom stereocenters. The molecule has 8 heteroatoms. The standard InChI is InChI=1S/C24H29N3O5/c25-20(13-17-7-3-1-4-8-17)23(29)26-14-21(28)27-16-32-22(19-11-12-19)24(30)31-15-18-9-5-2-6-10-18/h1-10,19-20,22H,11-16,25H2,(H,26,29)(H,27,28)/t20-,22+/m0/s1. The number of nitrogens with one attached hydrogen (secondary N) is 2. The first kappa shape index (κ1) is 23.4. The third-order valence-corrected chi connectivity index (χ3v) is 5.10. The number of esters is 1. The van der Waals surface area contributed by atoms with Gasteiger partial charge in [0.2, 0.25) is 11.8 Å². The number of carbonyl (C=O) groups is 3. The Morgan fingerprint density at radius 1 is 0.938 bits per heavy atom. The van der Waals surface area contributed by atoms with Crippen LogP contribution in [0.3, 0.4) is 0 Å². The largest absolute Gasteiger partial charge is 0.459 e. The van der Waals surface area contributed by atoms with Gasteiger partial charge in [0.15, 0.2) is 6.10 Å². The summed E-state index contributed by atoms with van der Waals surface area (Å²) in [5.41, 5.74) is 7.74. The second-order valence-electron chi connectivity index (χ2n) is 7.78. The summed E-state index contributed by atoms with van der Waals surface area (Å²) in [5.74, 6) is -1.18. The van der Waals surface area contributed by atoms with Crippen molar-refractivity contribution in [3.05, 3.63) is 71.8 Å². The lowest BCUT2D eigenvalue weighted by molar-refractivity contribution is -0.161. The molecular weight excluding hydrogens is 410 g/mol. The fraction of sp³-hybridized carbons (Fsp3) is 0.375. The minimum absolute atomic E-state index is 0.103.